The minimum absolute atomic E-state index is 0.0562. The minimum atomic E-state index is -0.783. The predicted molar refractivity (Wildman–Crippen MR) is 85.4 cm³/mol. The maximum Gasteiger partial charge on any atom is 0.254 e. The summed E-state index contributed by atoms with van der Waals surface area (Å²) >= 11 is 0. The molecule has 0 radical (unpaired) electrons. The van der Waals surface area contributed by atoms with E-state index in [0.717, 1.165) is 0 Å². The van der Waals surface area contributed by atoms with Crippen molar-refractivity contribution in [2.45, 2.75) is 25.8 Å². The molecular formula is C16H16N4O4. The number of carbonyl (C=O) groups excluding carboxylic acids is 3. The molecule has 1 aliphatic rings. The summed E-state index contributed by atoms with van der Waals surface area (Å²) < 4.78 is 4.86. The van der Waals surface area contributed by atoms with E-state index in [1.807, 2.05) is 0 Å². The first-order valence-electron chi connectivity index (χ1n) is 7.47. The Morgan fingerprint density at radius 3 is 2.88 bits per heavy atom. The number of nitrogens with zero attached hydrogens (tertiary/aromatic N) is 1. The first-order valence-corrected chi connectivity index (χ1v) is 7.47. The van der Waals surface area contributed by atoms with Crippen molar-refractivity contribution in [2.24, 2.45) is 0 Å². The Balaban J connectivity index is 1.60. The number of aromatic nitrogens is 1. The Kier molecular flexibility index (Phi) is 4.28. The van der Waals surface area contributed by atoms with E-state index in [4.69, 9.17) is 4.52 Å². The number of aryl methyl sites for hydroxylation is 1. The van der Waals surface area contributed by atoms with Crippen LogP contribution in [0.15, 0.2) is 34.9 Å². The standard InChI is InChI=1S/C16H16N4O4/c1-9-8-13(20-24-9)19-14(21)7-6-12-16(23)17-11-5-3-2-4-10(11)15(22)18-12/h2-5,8,12H,6-7H2,1H3,(H,17,23)(H,18,22)(H,19,20,21). The highest BCUT2D eigenvalue weighted by Gasteiger charge is 2.27. The average Bonchev–Trinajstić information content (AvgIpc) is 2.91. The zero-order valence-corrected chi connectivity index (χ0v) is 13.0. The van der Waals surface area contributed by atoms with Crippen molar-refractivity contribution in [1.29, 1.82) is 0 Å². The fourth-order valence-electron chi connectivity index (χ4n) is 2.42. The number of hydrogen-bond acceptors (Lipinski definition) is 5. The van der Waals surface area contributed by atoms with Crippen LogP contribution in [0.5, 0.6) is 0 Å². The molecule has 124 valence electrons. The monoisotopic (exact) mass is 328 g/mol. The first kappa shape index (κ1) is 15.7. The van der Waals surface area contributed by atoms with Crippen LogP contribution in [0.25, 0.3) is 0 Å². The van der Waals surface area contributed by atoms with E-state index in [1.54, 1.807) is 37.3 Å². The van der Waals surface area contributed by atoms with E-state index >= 15 is 0 Å². The van der Waals surface area contributed by atoms with Gasteiger partial charge in [0, 0.05) is 12.5 Å². The normalized spacial score (nSPS) is 16.6. The van der Waals surface area contributed by atoms with Crippen LogP contribution in [0.2, 0.25) is 0 Å². The molecule has 24 heavy (non-hydrogen) atoms. The second-order valence-electron chi connectivity index (χ2n) is 5.47. The molecule has 2 heterocycles. The molecule has 3 N–H and O–H groups in total. The van der Waals surface area contributed by atoms with Gasteiger partial charge in [-0.15, -0.1) is 0 Å². The fraction of sp³-hybridized carbons (Fsp3) is 0.250. The Hall–Kier alpha value is -3.16. The van der Waals surface area contributed by atoms with E-state index in [2.05, 4.69) is 21.1 Å². The molecule has 0 saturated carbocycles. The van der Waals surface area contributed by atoms with Gasteiger partial charge in [0.25, 0.3) is 5.91 Å². The van der Waals surface area contributed by atoms with Crippen LogP contribution in [0, 0.1) is 6.92 Å². The van der Waals surface area contributed by atoms with Gasteiger partial charge in [-0.1, -0.05) is 17.3 Å². The fourth-order valence-corrected chi connectivity index (χ4v) is 2.42. The van der Waals surface area contributed by atoms with Gasteiger partial charge in [0.1, 0.15) is 11.8 Å². The molecule has 0 aliphatic carbocycles. The third kappa shape index (κ3) is 3.43. The smallest absolute Gasteiger partial charge is 0.254 e. The van der Waals surface area contributed by atoms with Gasteiger partial charge in [-0.3, -0.25) is 14.4 Å². The van der Waals surface area contributed by atoms with E-state index in [9.17, 15) is 14.4 Å². The van der Waals surface area contributed by atoms with Gasteiger partial charge in [-0.2, -0.15) is 0 Å². The molecule has 0 fully saturated rings. The van der Waals surface area contributed by atoms with Crippen molar-refractivity contribution in [3.8, 4) is 0 Å². The number of nitrogens with one attached hydrogen (secondary N) is 3. The van der Waals surface area contributed by atoms with E-state index in [-0.39, 0.29) is 30.6 Å². The van der Waals surface area contributed by atoms with E-state index in [0.29, 0.717) is 22.8 Å². The largest absolute Gasteiger partial charge is 0.360 e. The van der Waals surface area contributed by atoms with Gasteiger partial charge >= 0.3 is 0 Å². The molecule has 1 aliphatic heterocycles. The van der Waals surface area contributed by atoms with Crippen molar-refractivity contribution in [3.63, 3.8) is 0 Å². The molecule has 1 aromatic carbocycles. The number of rotatable bonds is 4. The maximum absolute atomic E-state index is 12.2. The summed E-state index contributed by atoms with van der Waals surface area (Å²) in [6, 6.07) is 7.56. The minimum Gasteiger partial charge on any atom is -0.360 e. The number of para-hydroxylation sites is 1. The molecule has 8 heteroatoms. The van der Waals surface area contributed by atoms with Crippen molar-refractivity contribution < 1.29 is 18.9 Å². The van der Waals surface area contributed by atoms with E-state index in [1.165, 1.54) is 0 Å². The van der Waals surface area contributed by atoms with Crippen molar-refractivity contribution >= 4 is 29.2 Å². The Bertz CT molecular complexity index is 799. The van der Waals surface area contributed by atoms with Crippen LogP contribution < -0.4 is 16.0 Å². The molecule has 3 amide bonds. The third-order valence-corrected chi connectivity index (χ3v) is 3.61. The summed E-state index contributed by atoms with van der Waals surface area (Å²) in [6.07, 6.45) is 0.231. The van der Waals surface area contributed by atoms with Crippen LogP contribution in [0.3, 0.4) is 0 Å². The highest BCUT2D eigenvalue weighted by Crippen LogP contribution is 2.19. The van der Waals surface area contributed by atoms with Gasteiger partial charge in [0.05, 0.1) is 11.3 Å². The lowest BCUT2D eigenvalue weighted by molar-refractivity contribution is -0.118. The topological polar surface area (TPSA) is 113 Å². The highest BCUT2D eigenvalue weighted by molar-refractivity contribution is 6.09. The molecule has 8 nitrogen and oxygen atoms in total. The summed E-state index contributed by atoms with van der Waals surface area (Å²) in [4.78, 5) is 36.3. The third-order valence-electron chi connectivity index (χ3n) is 3.61. The lowest BCUT2D eigenvalue weighted by Gasteiger charge is -2.13. The predicted octanol–water partition coefficient (Wildman–Crippen LogP) is 1.45. The molecule has 3 rings (SSSR count). The molecule has 0 spiro atoms. The molecule has 0 saturated heterocycles. The number of fused-ring (bicyclic) bond motifs is 1. The number of anilines is 2. The molecule has 1 aromatic heterocycles. The molecule has 1 atom stereocenters. The average molecular weight is 328 g/mol. The number of benzene rings is 1. The zero-order chi connectivity index (χ0) is 17.1. The quantitative estimate of drug-likeness (QED) is 0.786. The Labute approximate surface area is 137 Å². The molecule has 0 bridgehead atoms. The van der Waals surface area contributed by atoms with Crippen molar-refractivity contribution in [2.75, 3.05) is 10.6 Å². The first-order chi connectivity index (χ1) is 11.5. The Morgan fingerprint density at radius 2 is 2.12 bits per heavy atom. The van der Waals surface area contributed by atoms with Crippen LogP contribution in [0.4, 0.5) is 11.5 Å². The van der Waals surface area contributed by atoms with Gasteiger partial charge in [0.15, 0.2) is 5.82 Å². The second-order valence-corrected chi connectivity index (χ2v) is 5.47. The van der Waals surface area contributed by atoms with Gasteiger partial charge in [-0.05, 0) is 25.5 Å². The van der Waals surface area contributed by atoms with Gasteiger partial charge < -0.3 is 20.5 Å². The summed E-state index contributed by atoms with van der Waals surface area (Å²) in [5.41, 5.74) is 0.862. The van der Waals surface area contributed by atoms with Crippen LogP contribution in [-0.4, -0.2) is 28.9 Å². The van der Waals surface area contributed by atoms with Gasteiger partial charge in [-0.25, -0.2) is 0 Å². The lowest BCUT2D eigenvalue weighted by atomic mass is 10.1. The molecule has 1 unspecified atom stereocenters. The van der Waals surface area contributed by atoms with Crippen LogP contribution in [-0.2, 0) is 9.59 Å². The molecule has 2 aromatic rings. The SMILES string of the molecule is Cc1cc(NC(=O)CCC2NC(=O)c3ccccc3NC2=O)no1. The van der Waals surface area contributed by atoms with Crippen LogP contribution in [0.1, 0.15) is 29.0 Å². The van der Waals surface area contributed by atoms with Crippen molar-refractivity contribution in [3.05, 3.63) is 41.7 Å². The summed E-state index contributed by atoms with van der Waals surface area (Å²) in [7, 11) is 0. The van der Waals surface area contributed by atoms with Gasteiger partial charge in [0.2, 0.25) is 11.8 Å². The highest BCUT2D eigenvalue weighted by atomic mass is 16.5. The summed E-state index contributed by atoms with van der Waals surface area (Å²) in [6.45, 7) is 1.71. The number of carbonyl (C=O) groups is 3. The Morgan fingerprint density at radius 1 is 1.33 bits per heavy atom. The lowest BCUT2D eigenvalue weighted by Crippen LogP contribution is -2.41. The number of amides is 3. The van der Waals surface area contributed by atoms with E-state index < -0.39 is 6.04 Å². The van der Waals surface area contributed by atoms with Crippen molar-refractivity contribution in [1.82, 2.24) is 10.5 Å². The molecular weight excluding hydrogens is 312 g/mol. The van der Waals surface area contributed by atoms with Crippen LogP contribution >= 0.6 is 0 Å². The second kappa shape index (κ2) is 6.53. The number of hydrogen-bond donors (Lipinski definition) is 3. The zero-order valence-electron chi connectivity index (χ0n) is 13.0. The maximum atomic E-state index is 12.2. The summed E-state index contributed by atoms with van der Waals surface area (Å²) in [5, 5.41) is 11.6. The summed E-state index contributed by atoms with van der Waals surface area (Å²) in [5.74, 6) is -0.107.